The number of halogens is 4. The van der Waals surface area contributed by atoms with E-state index in [1.165, 1.54) is 12.3 Å². The molecule has 0 spiro atoms. The fourth-order valence-electron chi connectivity index (χ4n) is 4.45. The van der Waals surface area contributed by atoms with E-state index in [1.807, 2.05) is 4.90 Å². The highest BCUT2D eigenvalue weighted by Gasteiger charge is 2.32. The van der Waals surface area contributed by atoms with Gasteiger partial charge in [0.05, 0.1) is 33.7 Å². The van der Waals surface area contributed by atoms with Crippen molar-refractivity contribution in [3.05, 3.63) is 70.5 Å². The average molecular weight is 574 g/mol. The van der Waals surface area contributed by atoms with Gasteiger partial charge in [-0.25, -0.2) is 14.4 Å². The average Bonchev–Trinajstić information content (AvgIpc) is 3.24. The normalized spacial score (nSPS) is 17.5. The van der Waals surface area contributed by atoms with Crippen LogP contribution in [0.2, 0.25) is 0 Å². The van der Waals surface area contributed by atoms with E-state index < -0.39 is 28.7 Å². The number of nitrogens with one attached hydrogen (secondary N) is 2. The van der Waals surface area contributed by atoms with Crippen molar-refractivity contribution in [3.8, 4) is 11.3 Å². The van der Waals surface area contributed by atoms with Gasteiger partial charge in [0.25, 0.3) is 11.1 Å². The van der Waals surface area contributed by atoms with Crippen molar-refractivity contribution in [1.29, 1.82) is 0 Å². The van der Waals surface area contributed by atoms with Crippen LogP contribution in [-0.4, -0.2) is 50.7 Å². The monoisotopic (exact) mass is 573 g/mol. The molecule has 9 nitrogen and oxygen atoms in total. The molecule has 2 amide bonds. The van der Waals surface area contributed by atoms with E-state index >= 15 is 0 Å². The Kier molecular flexibility index (Phi) is 8.07. The van der Waals surface area contributed by atoms with E-state index in [2.05, 4.69) is 30.6 Å². The lowest BCUT2D eigenvalue weighted by atomic mass is 9.97. The van der Waals surface area contributed by atoms with Gasteiger partial charge in [0.1, 0.15) is 0 Å². The number of thioether (sulfide) groups is 1. The number of piperidine rings is 1. The Labute approximate surface area is 230 Å². The van der Waals surface area contributed by atoms with Gasteiger partial charge in [-0.05, 0) is 67.4 Å². The van der Waals surface area contributed by atoms with Gasteiger partial charge in [-0.3, -0.25) is 24.9 Å². The van der Waals surface area contributed by atoms with Gasteiger partial charge >= 0.3 is 6.18 Å². The number of aromatic nitrogens is 4. The largest absolute Gasteiger partial charge is 0.416 e. The zero-order valence-electron chi connectivity index (χ0n) is 20.9. The van der Waals surface area contributed by atoms with Gasteiger partial charge in [0, 0.05) is 37.6 Å². The first-order valence-corrected chi connectivity index (χ1v) is 13.2. The van der Waals surface area contributed by atoms with E-state index in [1.54, 1.807) is 18.3 Å². The third-order valence-corrected chi connectivity index (χ3v) is 7.29. The summed E-state index contributed by atoms with van der Waals surface area (Å²) < 4.78 is 54.7. The number of amides is 2. The van der Waals surface area contributed by atoms with E-state index in [4.69, 9.17) is 0 Å². The Morgan fingerprint density at radius 2 is 1.93 bits per heavy atom. The van der Waals surface area contributed by atoms with Crippen LogP contribution in [0.5, 0.6) is 0 Å². The molecule has 0 unspecified atom stereocenters. The van der Waals surface area contributed by atoms with E-state index in [-0.39, 0.29) is 34.3 Å². The fraction of sp³-hybridized carbons (Fsp3) is 0.308. The zero-order chi connectivity index (χ0) is 28.3. The lowest BCUT2D eigenvalue weighted by Crippen LogP contribution is -2.38. The van der Waals surface area contributed by atoms with Crippen LogP contribution in [0, 0.1) is 11.7 Å². The van der Waals surface area contributed by atoms with Gasteiger partial charge in [0.2, 0.25) is 5.95 Å². The molecule has 0 atom stereocenters. The first kappa shape index (κ1) is 27.6. The lowest BCUT2D eigenvalue weighted by molar-refractivity contribution is -0.137. The maximum absolute atomic E-state index is 14.2. The third kappa shape index (κ3) is 6.62. The topological polar surface area (TPSA) is 113 Å². The second-order valence-electron chi connectivity index (χ2n) is 9.28. The van der Waals surface area contributed by atoms with Crippen LogP contribution in [0.25, 0.3) is 17.3 Å². The highest BCUT2D eigenvalue weighted by Crippen LogP contribution is 2.33. The Morgan fingerprint density at radius 1 is 1.12 bits per heavy atom. The Bertz CT molecular complexity index is 1460. The molecule has 0 aromatic carbocycles. The van der Waals surface area contributed by atoms with Crippen LogP contribution in [-0.2, 0) is 17.5 Å². The van der Waals surface area contributed by atoms with Gasteiger partial charge in [-0.2, -0.15) is 13.2 Å². The summed E-state index contributed by atoms with van der Waals surface area (Å²) in [7, 11) is 0. The number of anilines is 1. The summed E-state index contributed by atoms with van der Waals surface area (Å²) >= 11 is 0.819. The minimum Gasteiger partial charge on any atom is -0.341 e. The fourth-order valence-corrected chi connectivity index (χ4v) is 5.12. The molecule has 208 valence electrons. The van der Waals surface area contributed by atoms with Crippen molar-refractivity contribution >= 4 is 34.9 Å². The van der Waals surface area contributed by atoms with Crippen molar-refractivity contribution in [1.82, 2.24) is 30.6 Å². The SMILES string of the molecule is O=C1NC(=O)C(=Cc2ccnc(N3CCC(CNCc4cc(C(F)(F)F)cc(-c5ccncc5F)n4)CC3)n2)S1. The summed E-state index contributed by atoms with van der Waals surface area (Å²) in [6.07, 6.45) is 2.39. The lowest BCUT2D eigenvalue weighted by Gasteiger charge is -2.32. The van der Waals surface area contributed by atoms with Crippen molar-refractivity contribution in [2.75, 3.05) is 24.5 Å². The van der Waals surface area contributed by atoms with E-state index in [9.17, 15) is 27.2 Å². The van der Waals surface area contributed by atoms with Gasteiger partial charge < -0.3 is 10.2 Å². The zero-order valence-corrected chi connectivity index (χ0v) is 21.7. The maximum atomic E-state index is 14.2. The molecular weight excluding hydrogens is 550 g/mol. The number of nitrogens with zero attached hydrogens (tertiary/aromatic N) is 5. The summed E-state index contributed by atoms with van der Waals surface area (Å²) in [5.41, 5.74) is -0.364. The molecule has 3 aromatic rings. The Balaban J connectivity index is 1.18. The smallest absolute Gasteiger partial charge is 0.341 e. The van der Waals surface area contributed by atoms with Crippen LogP contribution in [0.15, 0.2) is 47.8 Å². The molecule has 0 bridgehead atoms. The van der Waals surface area contributed by atoms with Crippen LogP contribution < -0.4 is 15.5 Å². The summed E-state index contributed by atoms with van der Waals surface area (Å²) in [5.74, 6) is -0.415. The first-order chi connectivity index (χ1) is 19.2. The van der Waals surface area contributed by atoms with Crippen molar-refractivity contribution in [2.45, 2.75) is 25.6 Å². The second-order valence-corrected chi connectivity index (χ2v) is 10.3. The second kappa shape index (κ2) is 11.7. The van der Waals surface area contributed by atoms with Crippen LogP contribution in [0.1, 0.15) is 29.8 Å². The Hall–Kier alpha value is -3.91. The minimum absolute atomic E-state index is 0.0454. The van der Waals surface area contributed by atoms with Gasteiger partial charge in [0.15, 0.2) is 5.82 Å². The van der Waals surface area contributed by atoms with Crippen molar-refractivity contribution < 1.29 is 27.2 Å². The highest BCUT2D eigenvalue weighted by molar-refractivity contribution is 8.18. The summed E-state index contributed by atoms with van der Waals surface area (Å²) in [6.45, 7) is 2.01. The molecule has 2 N–H and O–H groups in total. The number of carbonyl (C=O) groups excluding carboxylic acids is 2. The van der Waals surface area contributed by atoms with Crippen molar-refractivity contribution in [3.63, 3.8) is 0 Å². The predicted octanol–water partition coefficient (Wildman–Crippen LogP) is 4.42. The molecular formula is C26H23F4N7O2S. The molecule has 2 aliphatic rings. The molecule has 5 heterocycles. The van der Waals surface area contributed by atoms with Gasteiger partial charge in [-0.1, -0.05) is 0 Å². The number of hydrogen-bond donors (Lipinski definition) is 2. The third-order valence-electron chi connectivity index (χ3n) is 6.48. The summed E-state index contributed by atoms with van der Waals surface area (Å²) in [4.78, 5) is 42.2. The van der Waals surface area contributed by atoms with E-state index in [0.717, 1.165) is 42.9 Å². The number of carbonyl (C=O) groups is 2. The number of rotatable bonds is 7. The van der Waals surface area contributed by atoms with Crippen LogP contribution >= 0.6 is 11.8 Å². The van der Waals surface area contributed by atoms with Crippen molar-refractivity contribution in [2.24, 2.45) is 5.92 Å². The summed E-state index contributed by atoms with van der Waals surface area (Å²) in [6, 6.07) is 4.76. The molecule has 0 saturated carbocycles. The van der Waals surface area contributed by atoms with Gasteiger partial charge in [-0.15, -0.1) is 0 Å². The van der Waals surface area contributed by atoms with Crippen LogP contribution in [0.4, 0.5) is 28.3 Å². The molecule has 0 aliphatic carbocycles. The molecule has 3 aromatic heterocycles. The molecule has 2 saturated heterocycles. The van der Waals surface area contributed by atoms with Crippen LogP contribution in [0.3, 0.4) is 0 Å². The number of alkyl halides is 3. The number of pyridine rings is 2. The molecule has 2 fully saturated rings. The highest BCUT2D eigenvalue weighted by atomic mass is 32.2. The quantitative estimate of drug-likeness (QED) is 0.313. The number of imide groups is 1. The first-order valence-electron chi connectivity index (χ1n) is 12.4. The maximum Gasteiger partial charge on any atom is 0.416 e. The molecule has 5 rings (SSSR count). The number of hydrogen-bond acceptors (Lipinski definition) is 9. The standard InChI is InChI=1S/C26H23F4N7O2S/c27-20-14-31-5-2-19(20)21-10-16(26(28,29)30)9-18(34-21)13-32-12-15-3-7-37(8-4-15)24-33-6-1-17(35-24)11-22-23(38)36-25(39)40-22/h1-2,5-6,9-11,14-15,32H,3-4,7-8,12-13H2,(H,36,38,39). The molecule has 2 aliphatic heterocycles. The molecule has 14 heteroatoms. The predicted molar refractivity (Wildman–Crippen MR) is 140 cm³/mol. The molecule has 0 radical (unpaired) electrons. The molecule has 40 heavy (non-hydrogen) atoms. The van der Waals surface area contributed by atoms with E-state index in [0.29, 0.717) is 31.3 Å². The summed E-state index contributed by atoms with van der Waals surface area (Å²) in [5, 5.41) is 4.98. The Morgan fingerprint density at radius 3 is 2.62 bits per heavy atom. The minimum atomic E-state index is -4.60.